The molecule has 1 aliphatic heterocycles. The van der Waals surface area contributed by atoms with Gasteiger partial charge in [-0.05, 0) is 11.6 Å². The van der Waals surface area contributed by atoms with Crippen molar-refractivity contribution in [3.8, 4) is 11.5 Å². The molecular weight excluding hydrogens is 200 g/mol. The molecule has 0 spiro atoms. The number of aliphatic hydroxyl groups excluding tert-OH is 1. The predicted octanol–water partition coefficient (Wildman–Crippen LogP) is -0.151. The third-order valence-electron chi connectivity index (χ3n) is 2.34. The van der Waals surface area contributed by atoms with Crippen LogP contribution >= 0.6 is 0 Å². The summed E-state index contributed by atoms with van der Waals surface area (Å²) in [5.41, 5.74) is 0.292. The third kappa shape index (κ3) is 1.79. The number of rotatable bonds is 0. The molecule has 80 valence electrons. The van der Waals surface area contributed by atoms with E-state index >= 15 is 0 Å². The molecule has 15 heavy (non-hydrogen) atoms. The molecular formula is C10H10O5. The lowest BCUT2D eigenvalue weighted by Gasteiger charge is -2.20. The first-order valence-corrected chi connectivity index (χ1v) is 4.45. The summed E-state index contributed by atoms with van der Waals surface area (Å²) in [5, 5.41) is 28.1. The minimum atomic E-state index is -0.964. The fraction of sp³-hybridized carbons (Fsp3) is 0.300. The van der Waals surface area contributed by atoms with E-state index in [2.05, 4.69) is 0 Å². The summed E-state index contributed by atoms with van der Waals surface area (Å²) in [6, 6.07) is 2.19. The van der Waals surface area contributed by atoms with Crippen LogP contribution in [0.4, 0.5) is 0 Å². The van der Waals surface area contributed by atoms with Gasteiger partial charge in [0, 0.05) is 18.1 Å². The van der Waals surface area contributed by atoms with Crippen LogP contribution in [-0.4, -0.2) is 21.6 Å². The number of fused-ring (bicyclic) bond motifs is 1. The van der Waals surface area contributed by atoms with Crippen molar-refractivity contribution < 1.29 is 20.1 Å². The van der Waals surface area contributed by atoms with Crippen molar-refractivity contribution in [1.82, 2.24) is 0 Å². The zero-order valence-electron chi connectivity index (χ0n) is 7.80. The Morgan fingerprint density at radius 1 is 1.27 bits per heavy atom. The molecule has 0 saturated carbocycles. The quantitative estimate of drug-likeness (QED) is 0.554. The van der Waals surface area contributed by atoms with Gasteiger partial charge in [0.05, 0.1) is 6.61 Å². The van der Waals surface area contributed by atoms with Crippen LogP contribution in [0.5, 0.6) is 11.5 Å². The predicted molar refractivity (Wildman–Crippen MR) is 50.5 cm³/mol. The van der Waals surface area contributed by atoms with Crippen molar-refractivity contribution in [3.05, 3.63) is 33.5 Å². The molecule has 0 bridgehead atoms. The van der Waals surface area contributed by atoms with Crippen molar-refractivity contribution in [2.24, 2.45) is 0 Å². The van der Waals surface area contributed by atoms with E-state index in [0.29, 0.717) is 11.1 Å². The smallest absolute Gasteiger partial charge is 0.223 e. The Morgan fingerprint density at radius 3 is 2.73 bits per heavy atom. The maximum Gasteiger partial charge on any atom is 0.223 e. The van der Waals surface area contributed by atoms with Crippen molar-refractivity contribution in [2.45, 2.75) is 19.3 Å². The van der Waals surface area contributed by atoms with Gasteiger partial charge in [-0.15, -0.1) is 0 Å². The second-order valence-corrected chi connectivity index (χ2v) is 3.40. The SMILES string of the molecule is O=c1cc(O)c2c(cc1O)CC(O)OC2. The van der Waals surface area contributed by atoms with E-state index in [4.69, 9.17) is 4.74 Å². The highest BCUT2D eigenvalue weighted by Crippen LogP contribution is 2.27. The highest BCUT2D eigenvalue weighted by atomic mass is 16.6. The number of ether oxygens (including phenoxy) is 1. The third-order valence-corrected chi connectivity index (χ3v) is 2.34. The highest BCUT2D eigenvalue weighted by molar-refractivity contribution is 5.42. The van der Waals surface area contributed by atoms with E-state index in [0.717, 1.165) is 6.07 Å². The second-order valence-electron chi connectivity index (χ2n) is 3.40. The summed E-state index contributed by atoms with van der Waals surface area (Å²) in [6.07, 6.45) is -0.821. The zero-order valence-corrected chi connectivity index (χ0v) is 7.80. The lowest BCUT2D eigenvalue weighted by Crippen LogP contribution is -2.20. The number of aliphatic hydroxyl groups is 1. The molecule has 5 heteroatoms. The molecule has 0 fully saturated rings. The Kier molecular flexibility index (Phi) is 2.34. The van der Waals surface area contributed by atoms with E-state index in [9.17, 15) is 20.1 Å². The summed E-state index contributed by atoms with van der Waals surface area (Å²) in [6.45, 7) is 0.0237. The Hall–Kier alpha value is -1.59. The van der Waals surface area contributed by atoms with Gasteiger partial charge in [0.2, 0.25) is 5.43 Å². The largest absolute Gasteiger partial charge is 0.507 e. The minimum absolute atomic E-state index is 0.0237. The van der Waals surface area contributed by atoms with E-state index in [1.165, 1.54) is 6.07 Å². The van der Waals surface area contributed by atoms with Crippen LogP contribution in [0.3, 0.4) is 0 Å². The van der Waals surface area contributed by atoms with Crippen molar-refractivity contribution in [3.63, 3.8) is 0 Å². The summed E-state index contributed by atoms with van der Waals surface area (Å²) in [4.78, 5) is 11.2. The molecule has 0 aromatic heterocycles. The zero-order chi connectivity index (χ0) is 11.0. The van der Waals surface area contributed by atoms with Gasteiger partial charge in [-0.1, -0.05) is 0 Å². The van der Waals surface area contributed by atoms with Crippen LogP contribution in [0, 0.1) is 0 Å². The van der Waals surface area contributed by atoms with Crippen LogP contribution < -0.4 is 5.43 Å². The average molecular weight is 210 g/mol. The van der Waals surface area contributed by atoms with E-state index in [1.54, 1.807) is 0 Å². The second kappa shape index (κ2) is 3.52. The summed E-state index contributed by atoms with van der Waals surface area (Å²) in [7, 11) is 0. The topological polar surface area (TPSA) is 87.0 Å². The Morgan fingerprint density at radius 2 is 2.00 bits per heavy atom. The molecule has 0 radical (unpaired) electrons. The Balaban J connectivity index is 2.67. The van der Waals surface area contributed by atoms with Crippen molar-refractivity contribution in [2.75, 3.05) is 0 Å². The van der Waals surface area contributed by atoms with E-state index < -0.39 is 17.5 Å². The highest BCUT2D eigenvalue weighted by Gasteiger charge is 2.20. The Bertz CT molecular complexity index is 454. The summed E-state index contributed by atoms with van der Waals surface area (Å²) >= 11 is 0. The summed E-state index contributed by atoms with van der Waals surface area (Å²) in [5.74, 6) is -0.664. The van der Waals surface area contributed by atoms with E-state index in [1.807, 2.05) is 0 Å². The first kappa shape index (κ1) is 9.95. The molecule has 1 unspecified atom stereocenters. The van der Waals surface area contributed by atoms with Gasteiger partial charge >= 0.3 is 0 Å². The molecule has 1 aromatic carbocycles. The van der Waals surface area contributed by atoms with Gasteiger partial charge in [-0.25, -0.2) is 0 Å². The molecule has 0 saturated heterocycles. The van der Waals surface area contributed by atoms with Gasteiger partial charge in [-0.3, -0.25) is 4.79 Å². The van der Waals surface area contributed by atoms with Crippen LogP contribution in [0.2, 0.25) is 0 Å². The lowest BCUT2D eigenvalue weighted by molar-refractivity contribution is -0.115. The molecule has 0 amide bonds. The molecule has 3 N–H and O–H groups in total. The lowest BCUT2D eigenvalue weighted by atomic mass is 10.1. The fourth-order valence-electron chi connectivity index (χ4n) is 1.55. The number of hydrogen-bond donors (Lipinski definition) is 3. The van der Waals surface area contributed by atoms with Crippen LogP contribution in [-0.2, 0) is 17.8 Å². The normalized spacial score (nSPS) is 19.7. The first-order valence-electron chi connectivity index (χ1n) is 4.45. The monoisotopic (exact) mass is 210 g/mol. The van der Waals surface area contributed by atoms with Crippen LogP contribution in [0.1, 0.15) is 11.1 Å². The van der Waals surface area contributed by atoms with E-state index in [-0.39, 0.29) is 18.8 Å². The maximum absolute atomic E-state index is 11.2. The van der Waals surface area contributed by atoms with Gasteiger partial charge in [-0.2, -0.15) is 0 Å². The molecule has 2 rings (SSSR count). The van der Waals surface area contributed by atoms with Gasteiger partial charge in [0.15, 0.2) is 12.0 Å². The minimum Gasteiger partial charge on any atom is -0.507 e. The molecule has 1 atom stereocenters. The van der Waals surface area contributed by atoms with Crippen molar-refractivity contribution in [1.29, 1.82) is 0 Å². The fourth-order valence-corrected chi connectivity index (χ4v) is 1.55. The molecule has 1 aliphatic rings. The first-order chi connectivity index (χ1) is 7.08. The van der Waals surface area contributed by atoms with Gasteiger partial charge in [0.1, 0.15) is 5.75 Å². The molecule has 0 aliphatic carbocycles. The standard InChI is InChI=1S/C10H10O5/c11-7-3-9(13)8(12)1-5-2-10(14)15-4-6(5)7/h1,3,10-11,14H,2,4H2,(H,12,13). The molecule has 1 heterocycles. The maximum atomic E-state index is 11.2. The molecule has 5 nitrogen and oxygen atoms in total. The number of hydrogen-bond acceptors (Lipinski definition) is 5. The van der Waals surface area contributed by atoms with Crippen LogP contribution in [0.25, 0.3) is 0 Å². The molecule has 1 aromatic rings. The number of aromatic hydroxyl groups is 2. The summed E-state index contributed by atoms with van der Waals surface area (Å²) < 4.78 is 4.92. The average Bonchev–Trinajstić information content (AvgIpc) is 2.25. The van der Waals surface area contributed by atoms with Gasteiger partial charge in [0.25, 0.3) is 0 Å². The van der Waals surface area contributed by atoms with Gasteiger partial charge < -0.3 is 20.1 Å². The van der Waals surface area contributed by atoms with Crippen LogP contribution in [0.15, 0.2) is 16.9 Å². The van der Waals surface area contributed by atoms with Crippen molar-refractivity contribution >= 4 is 0 Å². The Labute approximate surface area is 85.2 Å².